The molecule has 1 saturated heterocycles. The lowest BCUT2D eigenvalue weighted by atomic mass is 10.0. The number of aromatic nitrogens is 3. The molecule has 23 heavy (non-hydrogen) atoms. The van der Waals surface area contributed by atoms with Gasteiger partial charge >= 0.3 is 0 Å². The highest BCUT2D eigenvalue weighted by Crippen LogP contribution is 2.28. The third kappa shape index (κ3) is 2.86. The highest BCUT2D eigenvalue weighted by molar-refractivity contribution is 7.71. The van der Waals surface area contributed by atoms with E-state index >= 15 is 0 Å². The molecular formula is C17H21N4S2+. The van der Waals surface area contributed by atoms with Gasteiger partial charge in [0.05, 0.1) is 16.8 Å². The number of nitrogens with zero attached hydrogens (tertiary/aromatic N) is 3. The molecule has 3 heterocycles. The summed E-state index contributed by atoms with van der Waals surface area (Å²) in [5.41, 5.74) is 1.13. The fourth-order valence-electron chi connectivity index (χ4n) is 3.46. The Hall–Kier alpha value is -1.50. The molecule has 1 aliphatic rings. The number of likely N-dealkylation sites (tertiary alicyclic amines) is 1. The van der Waals surface area contributed by atoms with Crippen LogP contribution in [0.25, 0.3) is 10.2 Å². The summed E-state index contributed by atoms with van der Waals surface area (Å²) in [6, 6.07) is 8.94. The Morgan fingerprint density at radius 2 is 2.17 bits per heavy atom. The summed E-state index contributed by atoms with van der Waals surface area (Å²) in [4.78, 5) is 6.49. The molecule has 4 nitrogen and oxygen atoms in total. The summed E-state index contributed by atoms with van der Waals surface area (Å²) in [6.07, 6.45) is 7.94. The van der Waals surface area contributed by atoms with Crippen LogP contribution in [0.3, 0.4) is 0 Å². The monoisotopic (exact) mass is 345 g/mol. The lowest BCUT2D eigenvalue weighted by molar-refractivity contribution is -0.958. The SMILES string of the molecule is Cn1ccn(C[NH+]2CCCC[C@@H]2c2nc3ccccc3s2)c1=S. The van der Waals surface area contributed by atoms with Crippen molar-refractivity contribution in [3.63, 3.8) is 0 Å². The number of nitrogens with one attached hydrogen (secondary N) is 1. The van der Waals surface area contributed by atoms with Crippen LogP contribution in [0.5, 0.6) is 0 Å². The van der Waals surface area contributed by atoms with Gasteiger partial charge in [0.25, 0.3) is 0 Å². The Kier molecular flexibility index (Phi) is 4.05. The van der Waals surface area contributed by atoms with E-state index in [1.165, 1.54) is 35.5 Å². The molecule has 0 amide bonds. The smallest absolute Gasteiger partial charge is 0.183 e. The van der Waals surface area contributed by atoms with Gasteiger partial charge in [-0.2, -0.15) is 0 Å². The van der Waals surface area contributed by atoms with Crippen molar-refractivity contribution in [1.82, 2.24) is 14.1 Å². The number of thiazole rings is 1. The first kappa shape index (κ1) is 15.1. The fraction of sp³-hybridized carbons (Fsp3) is 0.412. The number of benzene rings is 1. The number of piperidine rings is 1. The normalized spacial score (nSPS) is 21.8. The number of fused-ring (bicyclic) bond motifs is 1. The van der Waals surface area contributed by atoms with E-state index in [0.29, 0.717) is 6.04 Å². The standard InChI is InChI=1S/C17H20N4S2/c1-19-10-11-21(17(19)22)12-20-9-5-4-7-14(20)16-18-13-6-2-3-8-15(13)23-16/h2-3,6,8,10-11,14H,4-5,7,9,12H2,1H3/p+1/t14-/m1/s1. The number of quaternary nitrogens is 1. The third-order valence-electron chi connectivity index (χ3n) is 4.73. The van der Waals surface area contributed by atoms with Gasteiger partial charge in [0.15, 0.2) is 16.4 Å². The van der Waals surface area contributed by atoms with E-state index in [4.69, 9.17) is 17.2 Å². The molecule has 1 unspecified atom stereocenters. The minimum absolute atomic E-state index is 0.489. The number of hydrogen-bond donors (Lipinski definition) is 1. The zero-order chi connectivity index (χ0) is 15.8. The van der Waals surface area contributed by atoms with Crippen LogP contribution in [-0.2, 0) is 13.7 Å². The summed E-state index contributed by atoms with van der Waals surface area (Å²) in [5, 5.41) is 1.28. The van der Waals surface area contributed by atoms with E-state index in [9.17, 15) is 0 Å². The summed E-state index contributed by atoms with van der Waals surface area (Å²) in [6.45, 7) is 2.12. The molecule has 120 valence electrons. The van der Waals surface area contributed by atoms with Crippen LogP contribution in [0, 0.1) is 4.77 Å². The molecule has 1 N–H and O–H groups in total. The second-order valence-electron chi connectivity index (χ2n) is 6.30. The van der Waals surface area contributed by atoms with Gasteiger partial charge in [-0.05, 0) is 37.2 Å². The Balaban J connectivity index is 1.64. The van der Waals surface area contributed by atoms with E-state index in [2.05, 4.69) is 35.0 Å². The van der Waals surface area contributed by atoms with Crippen LogP contribution in [0.4, 0.5) is 0 Å². The maximum atomic E-state index is 5.50. The molecule has 3 aromatic rings. The molecule has 0 aliphatic carbocycles. The zero-order valence-electron chi connectivity index (χ0n) is 13.2. The molecule has 0 spiro atoms. The van der Waals surface area contributed by atoms with Crippen LogP contribution in [0.1, 0.15) is 30.3 Å². The molecule has 2 aromatic heterocycles. The quantitative estimate of drug-likeness (QED) is 0.739. The van der Waals surface area contributed by atoms with Crippen molar-refractivity contribution in [1.29, 1.82) is 0 Å². The van der Waals surface area contributed by atoms with Gasteiger partial charge < -0.3 is 9.47 Å². The van der Waals surface area contributed by atoms with Crippen LogP contribution in [0.2, 0.25) is 0 Å². The number of rotatable bonds is 3. The molecule has 1 aromatic carbocycles. The molecule has 4 rings (SSSR count). The van der Waals surface area contributed by atoms with Gasteiger partial charge in [-0.1, -0.05) is 12.1 Å². The summed E-state index contributed by atoms with van der Waals surface area (Å²) in [7, 11) is 2.01. The van der Waals surface area contributed by atoms with E-state index < -0.39 is 0 Å². The molecule has 6 heteroatoms. The average Bonchev–Trinajstić information content (AvgIpc) is 3.14. The first-order valence-corrected chi connectivity index (χ1v) is 9.36. The maximum absolute atomic E-state index is 5.50. The van der Waals surface area contributed by atoms with Crippen molar-refractivity contribution in [2.75, 3.05) is 6.54 Å². The van der Waals surface area contributed by atoms with E-state index in [1.807, 2.05) is 29.1 Å². The van der Waals surface area contributed by atoms with E-state index in [-0.39, 0.29) is 0 Å². The first-order chi connectivity index (χ1) is 11.2. The van der Waals surface area contributed by atoms with Crippen LogP contribution >= 0.6 is 23.6 Å². The van der Waals surface area contributed by atoms with Crippen molar-refractivity contribution in [3.8, 4) is 0 Å². The molecule has 1 fully saturated rings. The van der Waals surface area contributed by atoms with Crippen molar-refractivity contribution in [3.05, 3.63) is 46.4 Å². The van der Waals surface area contributed by atoms with Gasteiger partial charge in [0.1, 0.15) is 6.04 Å². The zero-order valence-corrected chi connectivity index (χ0v) is 14.9. The molecule has 0 radical (unpaired) electrons. The van der Waals surface area contributed by atoms with Gasteiger partial charge in [-0.3, -0.25) is 4.57 Å². The predicted octanol–water partition coefficient (Wildman–Crippen LogP) is 2.93. The van der Waals surface area contributed by atoms with Gasteiger partial charge in [0, 0.05) is 25.9 Å². The minimum atomic E-state index is 0.489. The Morgan fingerprint density at radius 1 is 1.30 bits per heavy atom. The largest absolute Gasteiger partial charge is 0.327 e. The van der Waals surface area contributed by atoms with Crippen LogP contribution < -0.4 is 4.90 Å². The van der Waals surface area contributed by atoms with Crippen molar-refractivity contribution in [2.24, 2.45) is 7.05 Å². The number of para-hydroxylation sites is 1. The van der Waals surface area contributed by atoms with Crippen LogP contribution in [-0.4, -0.2) is 20.7 Å². The van der Waals surface area contributed by atoms with Gasteiger partial charge in [-0.15, -0.1) is 11.3 Å². The second-order valence-corrected chi connectivity index (χ2v) is 7.72. The summed E-state index contributed by atoms with van der Waals surface area (Å²) in [5.74, 6) is 0. The third-order valence-corrected chi connectivity index (χ3v) is 6.41. The molecule has 0 bridgehead atoms. The van der Waals surface area contributed by atoms with E-state index in [1.54, 1.807) is 4.90 Å². The molecular weight excluding hydrogens is 324 g/mol. The Labute approximate surface area is 145 Å². The number of imidazole rings is 1. The first-order valence-electron chi connectivity index (χ1n) is 8.14. The summed E-state index contributed by atoms with van der Waals surface area (Å²) >= 11 is 7.36. The van der Waals surface area contributed by atoms with Crippen molar-refractivity contribution >= 4 is 33.8 Å². The fourth-order valence-corrected chi connectivity index (χ4v) is 4.80. The lowest BCUT2D eigenvalue weighted by Gasteiger charge is -2.31. The highest BCUT2D eigenvalue weighted by Gasteiger charge is 2.30. The predicted molar refractivity (Wildman–Crippen MR) is 96.3 cm³/mol. The second kappa shape index (κ2) is 6.19. The van der Waals surface area contributed by atoms with Gasteiger partial charge in [0.2, 0.25) is 0 Å². The van der Waals surface area contributed by atoms with E-state index in [0.717, 1.165) is 17.0 Å². The lowest BCUT2D eigenvalue weighted by Crippen LogP contribution is -3.12. The number of hydrogen-bond acceptors (Lipinski definition) is 3. The number of aryl methyl sites for hydroxylation is 1. The minimum Gasteiger partial charge on any atom is -0.327 e. The van der Waals surface area contributed by atoms with Crippen LogP contribution in [0.15, 0.2) is 36.7 Å². The average molecular weight is 346 g/mol. The highest BCUT2D eigenvalue weighted by atomic mass is 32.1. The van der Waals surface area contributed by atoms with Gasteiger partial charge in [-0.25, -0.2) is 4.98 Å². The molecule has 0 saturated carbocycles. The molecule has 1 aliphatic heterocycles. The van der Waals surface area contributed by atoms with Crippen molar-refractivity contribution < 1.29 is 4.90 Å². The Morgan fingerprint density at radius 3 is 2.96 bits per heavy atom. The summed E-state index contributed by atoms with van der Waals surface area (Å²) < 4.78 is 6.39. The maximum Gasteiger partial charge on any atom is 0.183 e. The Bertz CT molecular complexity index is 843. The molecule has 2 atom stereocenters. The topological polar surface area (TPSA) is 27.2 Å². The van der Waals surface area contributed by atoms with Crippen molar-refractivity contribution in [2.45, 2.75) is 32.0 Å².